The van der Waals surface area contributed by atoms with Crippen LogP contribution in [0.3, 0.4) is 0 Å². The molecule has 1 fully saturated rings. The largest absolute Gasteiger partial charge is 0.480 e. The fourth-order valence-corrected chi connectivity index (χ4v) is 4.21. The van der Waals surface area contributed by atoms with Crippen molar-refractivity contribution >= 4 is 29.3 Å². The zero-order valence-electron chi connectivity index (χ0n) is 9.55. The van der Waals surface area contributed by atoms with Crippen LogP contribution in [0.25, 0.3) is 0 Å². The molecule has 1 aromatic heterocycles. The van der Waals surface area contributed by atoms with Gasteiger partial charge in [-0.1, -0.05) is 18.7 Å². The van der Waals surface area contributed by atoms with E-state index in [1.807, 2.05) is 6.92 Å². The standard InChI is InChI=1S/C10H15N3O2S2/c1-2-12-10(8(14)15)4-3-7(5-10)16-9-11-6-13-17-9/h6-7,12H,2-5H2,1H3,(H,14,15). The summed E-state index contributed by atoms with van der Waals surface area (Å²) in [5, 5.41) is 12.8. The highest BCUT2D eigenvalue weighted by molar-refractivity contribution is 8.01. The summed E-state index contributed by atoms with van der Waals surface area (Å²) in [6, 6.07) is 0. The van der Waals surface area contributed by atoms with E-state index < -0.39 is 11.5 Å². The summed E-state index contributed by atoms with van der Waals surface area (Å²) in [4.78, 5) is 15.5. The second kappa shape index (κ2) is 5.32. The maximum absolute atomic E-state index is 11.4. The first kappa shape index (κ1) is 12.8. The lowest BCUT2D eigenvalue weighted by atomic mass is 9.98. The average Bonchev–Trinajstić information content (AvgIpc) is 2.90. The number of hydrogen-bond acceptors (Lipinski definition) is 6. The molecule has 2 N–H and O–H groups in total. The first-order valence-corrected chi connectivity index (χ1v) is 7.23. The summed E-state index contributed by atoms with van der Waals surface area (Å²) >= 11 is 3.01. The lowest BCUT2D eigenvalue weighted by Gasteiger charge is -2.25. The predicted octanol–water partition coefficient (Wildman–Crippen LogP) is 1.62. The van der Waals surface area contributed by atoms with Crippen molar-refractivity contribution in [2.45, 2.75) is 41.3 Å². The lowest BCUT2D eigenvalue weighted by molar-refractivity contribution is -0.144. The Balaban J connectivity index is 1.99. The number of likely N-dealkylation sites (N-methyl/N-ethyl adjacent to an activating group) is 1. The van der Waals surface area contributed by atoms with Crippen LogP contribution in [0, 0.1) is 0 Å². The molecule has 0 amide bonds. The van der Waals surface area contributed by atoms with Crippen molar-refractivity contribution in [3.63, 3.8) is 0 Å². The van der Waals surface area contributed by atoms with Crippen molar-refractivity contribution in [1.82, 2.24) is 14.7 Å². The summed E-state index contributed by atoms with van der Waals surface area (Å²) in [7, 11) is 0. The number of hydrogen-bond donors (Lipinski definition) is 2. The van der Waals surface area contributed by atoms with Gasteiger partial charge in [0, 0.05) is 5.25 Å². The first-order chi connectivity index (χ1) is 8.16. The molecule has 0 spiro atoms. The van der Waals surface area contributed by atoms with Gasteiger partial charge in [-0.05, 0) is 37.3 Å². The number of rotatable bonds is 5. The summed E-state index contributed by atoms with van der Waals surface area (Å²) in [5.41, 5.74) is -0.739. The van der Waals surface area contributed by atoms with Gasteiger partial charge in [0.25, 0.3) is 0 Å². The molecule has 0 bridgehead atoms. The second-order valence-electron chi connectivity index (χ2n) is 4.11. The van der Waals surface area contributed by atoms with Gasteiger partial charge in [0.2, 0.25) is 0 Å². The Kier molecular flexibility index (Phi) is 4.01. The fraction of sp³-hybridized carbons (Fsp3) is 0.700. The molecule has 1 aromatic rings. The van der Waals surface area contributed by atoms with E-state index in [0.717, 1.165) is 10.8 Å². The molecule has 1 aliphatic carbocycles. The summed E-state index contributed by atoms with van der Waals surface area (Å²) in [6.45, 7) is 2.62. The van der Waals surface area contributed by atoms with Gasteiger partial charge in [0.1, 0.15) is 11.9 Å². The van der Waals surface area contributed by atoms with E-state index in [2.05, 4.69) is 14.7 Å². The molecule has 1 aliphatic rings. The maximum atomic E-state index is 11.4. The zero-order valence-corrected chi connectivity index (χ0v) is 11.2. The molecule has 0 aromatic carbocycles. The fourth-order valence-electron chi connectivity index (χ4n) is 2.23. The number of nitrogens with one attached hydrogen (secondary N) is 1. The van der Waals surface area contributed by atoms with Crippen molar-refractivity contribution in [2.24, 2.45) is 0 Å². The van der Waals surface area contributed by atoms with Crippen molar-refractivity contribution in [2.75, 3.05) is 6.54 Å². The quantitative estimate of drug-likeness (QED) is 0.849. The van der Waals surface area contributed by atoms with Crippen molar-refractivity contribution < 1.29 is 9.90 Å². The summed E-state index contributed by atoms with van der Waals surface area (Å²) in [6.07, 6.45) is 3.79. The zero-order chi connectivity index (χ0) is 12.3. The number of carboxylic acid groups (broad SMARTS) is 1. The van der Waals surface area contributed by atoms with Crippen LogP contribution in [-0.2, 0) is 4.79 Å². The minimum Gasteiger partial charge on any atom is -0.480 e. The van der Waals surface area contributed by atoms with Gasteiger partial charge in [-0.25, -0.2) is 4.98 Å². The molecule has 1 heterocycles. The molecular weight excluding hydrogens is 258 g/mol. The van der Waals surface area contributed by atoms with E-state index in [0.29, 0.717) is 24.6 Å². The molecule has 7 heteroatoms. The van der Waals surface area contributed by atoms with Crippen molar-refractivity contribution in [3.05, 3.63) is 6.33 Å². The smallest absolute Gasteiger partial charge is 0.323 e. The van der Waals surface area contributed by atoms with Gasteiger partial charge < -0.3 is 10.4 Å². The molecule has 2 atom stereocenters. The van der Waals surface area contributed by atoms with Crippen LogP contribution in [0.4, 0.5) is 0 Å². The molecule has 5 nitrogen and oxygen atoms in total. The summed E-state index contributed by atoms with van der Waals surface area (Å²) < 4.78 is 4.87. The Hall–Kier alpha value is -0.660. The topological polar surface area (TPSA) is 75.1 Å². The maximum Gasteiger partial charge on any atom is 0.323 e. The van der Waals surface area contributed by atoms with Crippen LogP contribution >= 0.6 is 23.3 Å². The number of nitrogens with zero attached hydrogens (tertiary/aromatic N) is 2. The number of carboxylic acids is 1. The highest BCUT2D eigenvalue weighted by atomic mass is 32.2. The molecule has 2 rings (SSSR count). The third kappa shape index (κ3) is 2.78. The van der Waals surface area contributed by atoms with E-state index in [1.54, 1.807) is 11.8 Å². The van der Waals surface area contributed by atoms with Gasteiger partial charge >= 0.3 is 5.97 Å². The third-order valence-electron chi connectivity index (χ3n) is 3.00. The third-order valence-corrected chi connectivity index (χ3v) is 5.02. The predicted molar refractivity (Wildman–Crippen MR) is 67.4 cm³/mol. The lowest BCUT2D eigenvalue weighted by Crippen LogP contribution is -2.50. The molecule has 94 valence electrons. The minimum absolute atomic E-state index is 0.318. The normalized spacial score (nSPS) is 28.4. The Bertz CT molecular complexity index is 385. The van der Waals surface area contributed by atoms with Gasteiger partial charge in [0.05, 0.1) is 0 Å². The molecule has 1 saturated carbocycles. The molecule has 0 aliphatic heterocycles. The average molecular weight is 273 g/mol. The molecule has 0 radical (unpaired) electrons. The van der Waals surface area contributed by atoms with Gasteiger partial charge in [-0.3, -0.25) is 4.79 Å². The van der Waals surface area contributed by atoms with Crippen LogP contribution in [0.1, 0.15) is 26.2 Å². The first-order valence-electron chi connectivity index (χ1n) is 5.58. The van der Waals surface area contributed by atoms with Gasteiger partial charge in [-0.2, -0.15) is 4.37 Å². The van der Waals surface area contributed by atoms with Crippen LogP contribution in [0.2, 0.25) is 0 Å². The molecule has 0 saturated heterocycles. The molecule has 2 unspecified atom stereocenters. The van der Waals surface area contributed by atoms with Crippen LogP contribution < -0.4 is 5.32 Å². The Morgan fingerprint density at radius 3 is 3.24 bits per heavy atom. The van der Waals surface area contributed by atoms with Gasteiger partial charge in [0.15, 0.2) is 4.34 Å². The highest BCUT2D eigenvalue weighted by Crippen LogP contribution is 2.40. The second-order valence-corrected chi connectivity index (χ2v) is 6.43. The highest BCUT2D eigenvalue weighted by Gasteiger charge is 2.45. The van der Waals surface area contributed by atoms with Gasteiger partial charge in [-0.15, -0.1) is 0 Å². The van der Waals surface area contributed by atoms with E-state index in [-0.39, 0.29) is 0 Å². The van der Waals surface area contributed by atoms with Crippen LogP contribution in [-0.4, -0.2) is 37.8 Å². The SMILES string of the molecule is CCNC1(C(=O)O)CCC(Sc2ncns2)C1. The van der Waals surface area contributed by atoms with Crippen molar-refractivity contribution in [3.8, 4) is 0 Å². The number of aliphatic carboxylic acids is 1. The molecule has 17 heavy (non-hydrogen) atoms. The van der Waals surface area contributed by atoms with Crippen molar-refractivity contribution in [1.29, 1.82) is 0 Å². The molecular formula is C10H15N3O2S2. The Morgan fingerprint density at radius 1 is 1.82 bits per heavy atom. The number of aromatic nitrogens is 2. The monoisotopic (exact) mass is 273 g/mol. The Morgan fingerprint density at radius 2 is 2.65 bits per heavy atom. The minimum atomic E-state index is -0.739. The van der Waals surface area contributed by atoms with Crippen LogP contribution in [0.15, 0.2) is 10.7 Å². The number of thioether (sulfide) groups is 1. The van der Waals surface area contributed by atoms with Crippen LogP contribution in [0.5, 0.6) is 0 Å². The van der Waals surface area contributed by atoms with E-state index in [4.69, 9.17) is 0 Å². The summed E-state index contributed by atoms with van der Waals surface area (Å²) in [5.74, 6) is -0.736. The van der Waals surface area contributed by atoms with E-state index in [9.17, 15) is 9.90 Å². The van der Waals surface area contributed by atoms with E-state index in [1.165, 1.54) is 17.9 Å². The number of carbonyl (C=O) groups is 1. The Labute approximate surface area is 108 Å². The van der Waals surface area contributed by atoms with E-state index >= 15 is 0 Å².